The van der Waals surface area contributed by atoms with Crippen LogP contribution in [0.15, 0.2) is 24.5 Å². The van der Waals surface area contributed by atoms with E-state index in [4.69, 9.17) is 11.5 Å². The van der Waals surface area contributed by atoms with E-state index in [2.05, 4.69) is 20.5 Å². The second-order valence-electron chi connectivity index (χ2n) is 3.09. The number of aromatic amines is 1. The van der Waals surface area contributed by atoms with Crippen molar-refractivity contribution in [1.29, 1.82) is 0 Å². The highest BCUT2D eigenvalue weighted by Crippen LogP contribution is 2.21. The predicted molar refractivity (Wildman–Crippen MR) is 59.0 cm³/mol. The largest absolute Gasteiger partial charge is 0.383 e. The maximum absolute atomic E-state index is 11.1. The van der Waals surface area contributed by atoms with Crippen molar-refractivity contribution in [2.45, 2.75) is 0 Å². The Kier molecular flexibility index (Phi) is 2.42. The van der Waals surface area contributed by atoms with Crippen molar-refractivity contribution >= 4 is 23.2 Å². The lowest BCUT2D eigenvalue weighted by Crippen LogP contribution is -2.14. The number of nitrogens with two attached hydrogens (primary N) is 2. The Bertz CT molecular complexity index is 506. The third kappa shape index (κ3) is 1.78. The van der Waals surface area contributed by atoms with Crippen LogP contribution in [-0.4, -0.2) is 21.1 Å². The molecule has 7 heteroatoms. The van der Waals surface area contributed by atoms with Gasteiger partial charge in [-0.2, -0.15) is 5.10 Å². The van der Waals surface area contributed by atoms with E-state index in [0.717, 1.165) is 0 Å². The van der Waals surface area contributed by atoms with E-state index < -0.39 is 5.91 Å². The Labute approximate surface area is 90.9 Å². The van der Waals surface area contributed by atoms with Gasteiger partial charge in [-0.1, -0.05) is 0 Å². The topological polar surface area (TPSA) is 123 Å². The Hall–Kier alpha value is -2.57. The Morgan fingerprint density at radius 1 is 1.50 bits per heavy atom. The normalized spacial score (nSPS) is 10.0. The maximum atomic E-state index is 11.1. The molecule has 2 aromatic heterocycles. The van der Waals surface area contributed by atoms with Crippen LogP contribution in [0.1, 0.15) is 10.4 Å². The standard InChI is InChI=1S/C9H10N6O/c10-7-6(8(11)16)9(15-14-7)13-5-2-1-3-12-4-5/h1-4H,(H2,11,16)(H4,10,13,14,15). The average Bonchev–Trinajstić information content (AvgIpc) is 2.61. The van der Waals surface area contributed by atoms with Gasteiger partial charge in [-0.05, 0) is 12.1 Å². The monoisotopic (exact) mass is 218 g/mol. The third-order valence-corrected chi connectivity index (χ3v) is 1.96. The number of rotatable bonds is 3. The van der Waals surface area contributed by atoms with Crippen LogP contribution in [0.4, 0.5) is 17.3 Å². The number of aromatic nitrogens is 3. The summed E-state index contributed by atoms with van der Waals surface area (Å²) in [6.45, 7) is 0. The summed E-state index contributed by atoms with van der Waals surface area (Å²) in [6.07, 6.45) is 3.23. The first kappa shape index (κ1) is 9.97. The number of nitrogens with zero attached hydrogens (tertiary/aromatic N) is 2. The summed E-state index contributed by atoms with van der Waals surface area (Å²) >= 11 is 0. The van der Waals surface area contributed by atoms with Gasteiger partial charge in [-0.25, -0.2) is 0 Å². The predicted octanol–water partition coefficient (Wildman–Crippen LogP) is 0.229. The average molecular weight is 218 g/mol. The zero-order chi connectivity index (χ0) is 11.5. The highest BCUT2D eigenvalue weighted by atomic mass is 16.1. The quantitative estimate of drug-likeness (QED) is 0.587. The van der Waals surface area contributed by atoms with Crippen LogP contribution in [-0.2, 0) is 0 Å². The van der Waals surface area contributed by atoms with E-state index in [1.54, 1.807) is 24.5 Å². The smallest absolute Gasteiger partial charge is 0.256 e. The lowest BCUT2D eigenvalue weighted by Gasteiger charge is -2.03. The molecule has 2 rings (SSSR count). The van der Waals surface area contributed by atoms with Crippen molar-refractivity contribution in [3.63, 3.8) is 0 Å². The van der Waals surface area contributed by atoms with Gasteiger partial charge in [0.2, 0.25) is 0 Å². The van der Waals surface area contributed by atoms with Gasteiger partial charge in [0, 0.05) is 6.20 Å². The second kappa shape index (κ2) is 3.89. The molecule has 0 radical (unpaired) electrons. The fraction of sp³-hybridized carbons (Fsp3) is 0. The molecule has 2 aromatic rings. The molecule has 0 spiro atoms. The minimum absolute atomic E-state index is 0.138. The summed E-state index contributed by atoms with van der Waals surface area (Å²) in [5.74, 6) is -0.213. The molecule has 2 heterocycles. The van der Waals surface area contributed by atoms with Crippen LogP contribution >= 0.6 is 0 Å². The summed E-state index contributed by atoms with van der Waals surface area (Å²) in [7, 11) is 0. The molecule has 0 fully saturated rings. The summed E-state index contributed by atoms with van der Waals surface area (Å²) < 4.78 is 0. The lowest BCUT2D eigenvalue weighted by atomic mass is 10.3. The molecular weight excluding hydrogens is 208 g/mol. The molecule has 0 atom stereocenters. The van der Waals surface area contributed by atoms with Gasteiger partial charge in [0.1, 0.15) is 11.4 Å². The number of carbonyl (C=O) groups is 1. The molecular formula is C9H10N6O. The first-order chi connectivity index (χ1) is 7.68. The second-order valence-corrected chi connectivity index (χ2v) is 3.09. The van der Waals surface area contributed by atoms with Gasteiger partial charge in [-0.3, -0.25) is 14.9 Å². The fourth-order valence-electron chi connectivity index (χ4n) is 1.27. The number of amides is 1. The highest BCUT2D eigenvalue weighted by molar-refractivity contribution is 6.02. The summed E-state index contributed by atoms with van der Waals surface area (Å²) in [5.41, 5.74) is 11.5. The van der Waals surface area contributed by atoms with E-state index in [-0.39, 0.29) is 17.2 Å². The van der Waals surface area contributed by atoms with Crippen LogP contribution in [0.2, 0.25) is 0 Å². The van der Waals surface area contributed by atoms with Crippen LogP contribution in [0.25, 0.3) is 0 Å². The van der Waals surface area contributed by atoms with Crippen molar-refractivity contribution < 1.29 is 4.79 Å². The summed E-state index contributed by atoms with van der Waals surface area (Å²) in [4.78, 5) is 15.0. The molecule has 0 saturated heterocycles. The Morgan fingerprint density at radius 3 is 2.94 bits per heavy atom. The fourth-order valence-corrected chi connectivity index (χ4v) is 1.27. The van der Waals surface area contributed by atoms with Gasteiger partial charge in [-0.15, -0.1) is 0 Å². The summed E-state index contributed by atoms with van der Waals surface area (Å²) in [6, 6.07) is 3.53. The van der Waals surface area contributed by atoms with E-state index in [9.17, 15) is 4.79 Å². The van der Waals surface area contributed by atoms with Crippen molar-refractivity contribution in [3.8, 4) is 0 Å². The van der Waals surface area contributed by atoms with Crippen molar-refractivity contribution in [3.05, 3.63) is 30.1 Å². The molecule has 0 aromatic carbocycles. The Morgan fingerprint density at radius 2 is 2.31 bits per heavy atom. The van der Waals surface area contributed by atoms with Gasteiger partial charge in [0.05, 0.1) is 11.9 Å². The van der Waals surface area contributed by atoms with E-state index in [0.29, 0.717) is 5.69 Å². The van der Waals surface area contributed by atoms with Crippen LogP contribution < -0.4 is 16.8 Å². The number of H-pyrrole nitrogens is 1. The SMILES string of the molecule is NC(=O)c1c(Nc2cccnc2)n[nH]c1N. The molecule has 7 nitrogen and oxygen atoms in total. The van der Waals surface area contributed by atoms with Crippen molar-refractivity contribution in [2.24, 2.45) is 5.73 Å². The molecule has 6 N–H and O–H groups in total. The first-order valence-corrected chi connectivity index (χ1v) is 4.49. The van der Waals surface area contributed by atoms with Crippen LogP contribution in [0.5, 0.6) is 0 Å². The molecule has 0 saturated carbocycles. The molecule has 0 aliphatic heterocycles. The number of carbonyl (C=O) groups excluding carboxylic acids is 1. The molecule has 0 aliphatic rings. The van der Waals surface area contributed by atoms with Crippen LogP contribution in [0, 0.1) is 0 Å². The minimum Gasteiger partial charge on any atom is -0.383 e. The lowest BCUT2D eigenvalue weighted by molar-refractivity contribution is 0.100. The van der Waals surface area contributed by atoms with Crippen molar-refractivity contribution in [1.82, 2.24) is 15.2 Å². The number of hydrogen-bond donors (Lipinski definition) is 4. The zero-order valence-electron chi connectivity index (χ0n) is 8.27. The Balaban J connectivity index is 2.32. The molecule has 16 heavy (non-hydrogen) atoms. The molecule has 0 bridgehead atoms. The maximum Gasteiger partial charge on any atom is 0.256 e. The number of nitrogen functional groups attached to an aromatic ring is 1. The molecule has 1 amide bonds. The van der Waals surface area contributed by atoms with E-state index in [1.807, 2.05) is 0 Å². The van der Waals surface area contributed by atoms with Gasteiger partial charge < -0.3 is 16.8 Å². The number of anilines is 3. The van der Waals surface area contributed by atoms with Gasteiger partial charge in [0.25, 0.3) is 5.91 Å². The third-order valence-electron chi connectivity index (χ3n) is 1.96. The molecule has 82 valence electrons. The first-order valence-electron chi connectivity index (χ1n) is 4.49. The number of pyridine rings is 1. The number of hydrogen-bond acceptors (Lipinski definition) is 5. The zero-order valence-corrected chi connectivity index (χ0v) is 8.27. The van der Waals surface area contributed by atoms with E-state index in [1.165, 1.54) is 0 Å². The highest BCUT2D eigenvalue weighted by Gasteiger charge is 2.16. The minimum atomic E-state index is -0.641. The number of nitrogens with one attached hydrogen (secondary N) is 2. The molecule has 0 unspecified atom stereocenters. The molecule has 0 aliphatic carbocycles. The van der Waals surface area contributed by atoms with Gasteiger partial charge >= 0.3 is 0 Å². The van der Waals surface area contributed by atoms with Gasteiger partial charge in [0.15, 0.2) is 5.82 Å². The van der Waals surface area contributed by atoms with E-state index >= 15 is 0 Å². The van der Waals surface area contributed by atoms with Crippen LogP contribution in [0.3, 0.4) is 0 Å². The summed E-state index contributed by atoms with van der Waals surface area (Å²) in [5, 5.41) is 9.21. The van der Waals surface area contributed by atoms with Crippen molar-refractivity contribution in [2.75, 3.05) is 11.1 Å². The number of primary amides is 1.